The zero-order valence-corrected chi connectivity index (χ0v) is 11.8. The van der Waals surface area contributed by atoms with Crippen molar-refractivity contribution in [3.05, 3.63) is 12.7 Å². The van der Waals surface area contributed by atoms with Gasteiger partial charge in [-0.05, 0) is 36.0 Å². The molecule has 1 fully saturated rings. The molecule has 94 valence electrons. The molecule has 0 aliphatic heterocycles. The smallest absolute Gasteiger partial charge is 0.0292 e. The SMILES string of the molecule is C=CCC(C)C1C(CCCC)CC1(C)CC. The fourth-order valence-electron chi connectivity index (χ4n) is 3.96. The lowest BCUT2D eigenvalue weighted by atomic mass is 9.49. The Morgan fingerprint density at radius 2 is 2.12 bits per heavy atom. The first-order valence-electron chi connectivity index (χ1n) is 7.20. The van der Waals surface area contributed by atoms with Crippen molar-refractivity contribution in [2.24, 2.45) is 23.2 Å². The number of hydrogen-bond acceptors (Lipinski definition) is 0. The third kappa shape index (κ3) is 2.70. The maximum Gasteiger partial charge on any atom is -0.0292 e. The molecule has 0 heterocycles. The van der Waals surface area contributed by atoms with Crippen LogP contribution in [0.1, 0.15) is 66.2 Å². The van der Waals surface area contributed by atoms with E-state index in [0.29, 0.717) is 5.41 Å². The average molecular weight is 222 g/mol. The number of rotatable bonds is 7. The van der Waals surface area contributed by atoms with E-state index < -0.39 is 0 Å². The molecular formula is C16H30. The lowest BCUT2D eigenvalue weighted by Gasteiger charge is -2.56. The standard InChI is InChI=1S/C16H30/c1-6-9-11-14-12-16(5,8-3)15(14)13(4)10-7-2/h7,13-15H,2,6,8-12H2,1,3-5H3. The molecular weight excluding hydrogens is 192 g/mol. The second-order valence-electron chi connectivity index (χ2n) is 6.14. The van der Waals surface area contributed by atoms with Crippen molar-refractivity contribution in [3.63, 3.8) is 0 Å². The molecule has 0 bridgehead atoms. The van der Waals surface area contributed by atoms with Crippen LogP contribution in [0.5, 0.6) is 0 Å². The molecule has 0 saturated heterocycles. The predicted molar refractivity (Wildman–Crippen MR) is 73.5 cm³/mol. The molecule has 16 heavy (non-hydrogen) atoms. The van der Waals surface area contributed by atoms with E-state index in [2.05, 4.69) is 40.3 Å². The van der Waals surface area contributed by atoms with E-state index in [9.17, 15) is 0 Å². The summed E-state index contributed by atoms with van der Waals surface area (Å²) >= 11 is 0. The van der Waals surface area contributed by atoms with Gasteiger partial charge >= 0.3 is 0 Å². The van der Waals surface area contributed by atoms with Gasteiger partial charge in [-0.25, -0.2) is 0 Å². The zero-order valence-electron chi connectivity index (χ0n) is 11.8. The molecule has 0 amide bonds. The van der Waals surface area contributed by atoms with Crippen LogP contribution in [-0.4, -0.2) is 0 Å². The molecule has 1 aliphatic carbocycles. The Morgan fingerprint density at radius 1 is 1.44 bits per heavy atom. The Hall–Kier alpha value is -0.260. The van der Waals surface area contributed by atoms with Crippen LogP contribution >= 0.6 is 0 Å². The molecule has 0 nitrogen and oxygen atoms in total. The molecule has 4 atom stereocenters. The van der Waals surface area contributed by atoms with Gasteiger partial charge in [0.25, 0.3) is 0 Å². The quantitative estimate of drug-likeness (QED) is 0.503. The maximum absolute atomic E-state index is 3.90. The van der Waals surface area contributed by atoms with Crippen LogP contribution in [0.15, 0.2) is 12.7 Å². The van der Waals surface area contributed by atoms with Crippen molar-refractivity contribution >= 4 is 0 Å². The molecule has 0 aromatic rings. The van der Waals surface area contributed by atoms with Crippen LogP contribution in [0.3, 0.4) is 0 Å². The Morgan fingerprint density at radius 3 is 2.62 bits per heavy atom. The van der Waals surface area contributed by atoms with Gasteiger partial charge in [0.15, 0.2) is 0 Å². The molecule has 0 spiro atoms. The van der Waals surface area contributed by atoms with E-state index in [1.807, 2.05) is 0 Å². The minimum atomic E-state index is 0.626. The minimum Gasteiger partial charge on any atom is -0.103 e. The van der Waals surface area contributed by atoms with Crippen molar-refractivity contribution < 1.29 is 0 Å². The molecule has 0 aromatic carbocycles. The van der Waals surface area contributed by atoms with E-state index in [0.717, 1.165) is 17.8 Å². The normalized spacial score (nSPS) is 35.5. The van der Waals surface area contributed by atoms with Crippen LogP contribution in [0.2, 0.25) is 0 Å². The van der Waals surface area contributed by atoms with Gasteiger partial charge in [0.05, 0.1) is 0 Å². The summed E-state index contributed by atoms with van der Waals surface area (Å²) < 4.78 is 0. The third-order valence-electron chi connectivity index (χ3n) is 4.93. The van der Waals surface area contributed by atoms with Crippen LogP contribution in [-0.2, 0) is 0 Å². The number of allylic oxidation sites excluding steroid dienone is 1. The summed E-state index contributed by atoms with van der Waals surface area (Å²) in [5.74, 6) is 2.78. The van der Waals surface area contributed by atoms with E-state index in [4.69, 9.17) is 0 Å². The molecule has 0 heteroatoms. The summed E-state index contributed by atoms with van der Waals surface area (Å²) in [5, 5.41) is 0. The first-order valence-corrected chi connectivity index (χ1v) is 7.20. The Kier molecular flexibility index (Phi) is 5.08. The van der Waals surface area contributed by atoms with Crippen LogP contribution in [0.4, 0.5) is 0 Å². The summed E-state index contributed by atoms with van der Waals surface area (Å²) in [4.78, 5) is 0. The van der Waals surface area contributed by atoms with Gasteiger partial charge in [-0.2, -0.15) is 0 Å². The first kappa shape index (κ1) is 13.8. The summed E-state index contributed by atoms with van der Waals surface area (Å²) in [5.41, 5.74) is 0.626. The van der Waals surface area contributed by atoms with Crippen molar-refractivity contribution in [2.75, 3.05) is 0 Å². The molecule has 0 aromatic heterocycles. The molecule has 0 radical (unpaired) electrons. The molecule has 1 aliphatic rings. The van der Waals surface area contributed by atoms with Crippen molar-refractivity contribution in [1.82, 2.24) is 0 Å². The number of hydrogen-bond donors (Lipinski definition) is 0. The van der Waals surface area contributed by atoms with Crippen LogP contribution in [0.25, 0.3) is 0 Å². The fraction of sp³-hybridized carbons (Fsp3) is 0.875. The highest BCUT2D eigenvalue weighted by molar-refractivity contribution is 5.00. The zero-order chi connectivity index (χ0) is 12.2. The van der Waals surface area contributed by atoms with E-state index in [1.165, 1.54) is 38.5 Å². The summed E-state index contributed by atoms with van der Waals surface area (Å²) in [6.07, 6.45) is 10.3. The van der Waals surface area contributed by atoms with Gasteiger partial charge < -0.3 is 0 Å². The van der Waals surface area contributed by atoms with E-state index >= 15 is 0 Å². The van der Waals surface area contributed by atoms with Crippen molar-refractivity contribution in [2.45, 2.75) is 66.2 Å². The molecule has 4 unspecified atom stereocenters. The Balaban J connectivity index is 2.59. The van der Waals surface area contributed by atoms with E-state index in [1.54, 1.807) is 0 Å². The third-order valence-corrected chi connectivity index (χ3v) is 4.93. The Labute approximate surface area is 103 Å². The average Bonchev–Trinajstić information content (AvgIpc) is 2.23. The fourth-order valence-corrected chi connectivity index (χ4v) is 3.96. The summed E-state index contributed by atoms with van der Waals surface area (Å²) in [6.45, 7) is 13.5. The second-order valence-corrected chi connectivity index (χ2v) is 6.14. The second kappa shape index (κ2) is 5.89. The number of unbranched alkanes of at least 4 members (excludes halogenated alkanes) is 1. The first-order chi connectivity index (χ1) is 7.59. The highest BCUT2D eigenvalue weighted by Gasteiger charge is 2.50. The van der Waals surface area contributed by atoms with E-state index in [-0.39, 0.29) is 0 Å². The largest absolute Gasteiger partial charge is 0.103 e. The lowest BCUT2D eigenvalue weighted by molar-refractivity contribution is -0.0697. The van der Waals surface area contributed by atoms with Gasteiger partial charge in [-0.15, -0.1) is 6.58 Å². The minimum absolute atomic E-state index is 0.626. The summed E-state index contributed by atoms with van der Waals surface area (Å²) in [6, 6.07) is 0. The molecule has 0 N–H and O–H groups in total. The molecule has 1 rings (SSSR count). The highest BCUT2D eigenvalue weighted by atomic mass is 14.5. The summed E-state index contributed by atoms with van der Waals surface area (Å²) in [7, 11) is 0. The lowest BCUT2D eigenvalue weighted by Crippen LogP contribution is -2.48. The van der Waals surface area contributed by atoms with Gasteiger partial charge in [-0.3, -0.25) is 0 Å². The molecule has 1 saturated carbocycles. The predicted octanol–water partition coefficient (Wildman–Crippen LogP) is 5.44. The topological polar surface area (TPSA) is 0 Å². The van der Waals surface area contributed by atoms with Crippen molar-refractivity contribution in [1.29, 1.82) is 0 Å². The van der Waals surface area contributed by atoms with Crippen molar-refractivity contribution in [3.8, 4) is 0 Å². The van der Waals surface area contributed by atoms with Gasteiger partial charge in [-0.1, -0.05) is 59.5 Å². The highest BCUT2D eigenvalue weighted by Crippen LogP contribution is 2.58. The van der Waals surface area contributed by atoms with Gasteiger partial charge in [0, 0.05) is 0 Å². The Bertz CT molecular complexity index is 218. The van der Waals surface area contributed by atoms with Crippen LogP contribution < -0.4 is 0 Å². The monoisotopic (exact) mass is 222 g/mol. The van der Waals surface area contributed by atoms with Crippen LogP contribution in [0, 0.1) is 23.2 Å². The van der Waals surface area contributed by atoms with Gasteiger partial charge in [0.1, 0.15) is 0 Å². The maximum atomic E-state index is 3.90. The van der Waals surface area contributed by atoms with Gasteiger partial charge in [0.2, 0.25) is 0 Å².